The van der Waals surface area contributed by atoms with Crippen LogP contribution in [-0.2, 0) is 20.4 Å². The van der Waals surface area contributed by atoms with Crippen molar-refractivity contribution in [1.29, 1.82) is 0 Å². The summed E-state index contributed by atoms with van der Waals surface area (Å²) in [6.45, 7) is 9.14. The summed E-state index contributed by atoms with van der Waals surface area (Å²) in [5.41, 5.74) is 12.8. The first-order chi connectivity index (χ1) is 26.9. The number of rotatable bonds is 5. The molecule has 272 valence electrons. The third kappa shape index (κ3) is 5.01. The molecular weight excluding hydrogens is 781 g/mol. The van der Waals surface area contributed by atoms with Crippen molar-refractivity contribution >= 4 is 76.8 Å². The van der Waals surface area contributed by atoms with E-state index in [1.165, 1.54) is 22.3 Å². The van der Waals surface area contributed by atoms with Crippen molar-refractivity contribution in [2.24, 2.45) is 0 Å². The maximum Gasteiger partial charge on any atom is 2.00 e. The molecule has 7 heteroatoms. The second-order valence-corrected chi connectivity index (χ2v) is 15.0. The smallest absolute Gasteiger partial charge is 0.497 e. The SMILES string of the molecule is CC(C)c1cccc(C(C)C)c1-c1cccc2c3ccc(Oc4[c-]c5c(cc4)c4cccnc4n4c6ccccc6nc54)[c-]c3c3nc4ccccc4n3c12.[Pd+2]. The molecule has 56 heavy (non-hydrogen) atoms. The number of hydrogen-bond acceptors (Lipinski definition) is 4. The van der Waals surface area contributed by atoms with Gasteiger partial charge in [-0.25, -0.2) is 4.98 Å². The molecule has 0 spiro atoms. The zero-order valence-corrected chi connectivity index (χ0v) is 32.8. The van der Waals surface area contributed by atoms with Crippen molar-refractivity contribution in [2.45, 2.75) is 39.5 Å². The van der Waals surface area contributed by atoms with Gasteiger partial charge in [0.25, 0.3) is 0 Å². The van der Waals surface area contributed by atoms with E-state index < -0.39 is 0 Å². The van der Waals surface area contributed by atoms with E-state index in [-0.39, 0.29) is 20.4 Å². The molecule has 6 nitrogen and oxygen atoms in total. The summed E-state index contributed by atoms with van der Waals surface area (Å²) in [5, 5.41) is 6.05. The van der Waals surface area contributed by atoms with E-state index in [2.05, 4.69) is 134 Å². The molecule has 0 N–H and O–H groups in total. The molecule has 0 unspecified atom stereocenters. The fourth-order valence-corrected chi connectivity index (χ4v) is 8.67. The molecule has 0 atom stereocenters. The fraction of sp³-hybridized carbons (Fsp3) is 0.122. The molecule has 5 heterocycles. The third-order valence-electron chi connectivity index (χ3n) is 11.1. The largest absolute Gasteiger partial charge is 2.00 e. The Labute approximate surface area is 337 Å². The number of para-hydroxylation sites is 5. The molecule has 0 bridgehead atoms. The van der Waals surface area contributed by atoms with Gasteiger partial charge in [0.15, 0.2) is 0 Å². The number of imidazole rings is 2. The Balaban J connectivity index is 0.00000384. The minimum atomic E-state index is 0. The minimum Gasteiger partial charge on any atom is -0.497 e. The average molecular weight is 816 g/mol. The van der Waals surface area contributed by atoms with Crippen LogP contribution in [0.15, 0.2) is 128 Å². The van der Waals surface area contributed by atoms with Crippen LogP contribution in [0, 0.1) is 12.1 Å². The van der Waals surface area contributed by atoms with E-state index in [0.29, 0.717) is 23.3 Å². The summed E-state index contributed by atoms with van der Waals surface area (Å²) in [5.74, 6) is 1.89. The van der Waals surface area contributed by atoms with Crippen molar-refractivity contribution in [3.05, 3.63) is 151 Å². The van der Waals surface area contributed by atoms with Crippen LogP contribution in [0.5, 0.6) is 11.5 Å². The number of benzene rings is 6. The summed E-state index contributed by atoms with van der Waals surface area (Å²) < 4.78 is 11.1. The molecule has 0 aliphatic rings. The first kappa shape index (κ1) is 34.4. The summed E-state index contributed by atoms with van der Waals surface area (Å²) in [7, 11) is 0. The van der Waals surface area contributed by atoms with Crippen molar-refractivity contribution in [3.8, 4) is 22.6 Å². The first-order valence-corrected chi connectivity index (χ1v) is 18.9. The van der Waals surface area contributed by atoms with Crippen LogP contribution < -0.4 is 4.74 Å². The molecule has 0 fully saturated rings. The van der Waals surface area contributed by atoms with Crippen molar-refractivity contribution in [2.75, 3.05) is 0 Å². The number of nitrogens with zero attached hydrogens (tertiary/aromatic N) is 5. The number of aromatic nitrogens is 5. The van der Waals surface area contributed by atoms with Crippen molar-refractivity contribution in [1.82, 2.24) is 23.8 Å². The Kier molecular flexibility index (Phi) is 7.97. The molecule has 0 amide bonds. The number of hydrogen-bond donors (Lipinski definition) is 0. The Hall–Kier alpha value is -6.13. The molecule has 0 radical (unpaired) electrons. The van der Waals surface area contributed by atoms with Gasteiger partial charge in [0, 0.05) is 28.8 Å². The van der Waals surface area contributed by atoms with Gasteiger partial charge in [0.05, 0.1) is 33.4 Å². The zero-order valence-electron chi connectivity index (χ0n) is 31.2. The fourth-order valence-electron chi connectivity index (χ4n) is 8.67. The van der Waals surface area contributed by atoms with Gasteiger partial charge in [-0.1, -0.05) is 140 Å². The Bertz CT molecular complexity index is 3350. The maximum atomic E-state index is 6.64. The van der Waals surface area contributed by atoms with Gasteiger partial charge in [-0.15, -0.1) is 12.1 Å². The average Bonchev–Trinajstić information content (AvgIpc) is 3.80. The molecule has 0 aliphatic carbocycles. The van der Waals surface area contributed by atoms with Crippen LogP contribution in [0.2, 0.25) is 0 Å². The number of ether oxygens (including phenoxy) is 1. The van der Waals surface area contributed by atoms with E-state index >= 15 is 0 Å². The van der Waals surface area contributed by atoms with Gasteiger partial charge in [-0.2, -0.15) is 0 Å². The van der Waals surface area contributed by atoms with E-state index in [1.807, 2.05) is 42.6 Å². The van der Waals surface area contributed by atoms with E-state index in [9.17, 15) is 0 Å². The molecule has 0 aliphatic heterocycles. The monoisotopic (exact) mass is 815 g/mol. The Morgan fingerprint density at radius 2 is 1.07 bits per heavy atom. The van der Waals surface area contributed by atoms with Crippen LogP contribution in [-0.4, -0.2) is 23.8 Å². The van der Waals surface area contributed by atoms with E-state index in [1.54, 1.807) is 0 Å². The normalized spacial score (nSPS) is 12.1. The number of pyridine rings is 3. The minimum absolute atomic E-state index is 0. The van der Waals surface area contributed by atoms with Gasteiger partial charge in [-0.05, 0) is 69.6 Å². The molecule has 11 aromatic rings. The molecule has 11 rings (SSSR count). The van der Waals surface area contributed by atoms with Gasteiger partial charge in [0.2, 0.25) is 0 Å². The second-order valence-electron chi connectivity index (χ2n) is 15.0. The predicted octanol–water partition coefficient (Wildman–Crippen LogP) is 12.6. The predicted molar refractivity (Wildman–Crippen MR) is 225 cm³/mol. The zero-order chi connectivity index (χ0) is 36.9. The van der Waals surface area contributed by atoms with Gasteiger partial charge >= 0.3 is 20.4 Å². The van der Waals surface area contributed by atoms with Crippen LogP contribution in [0.3, 0.4) is 0 Å². The van der Waals surface area contributed by atoms with E-state index in [4.69, 9.17) is 19.7 Å². The summed E-state index contributed by atoms with van der Waals surface area (Å²) in [6, 6.07) is 49.6. The molecule has 0 saturated heterocycles. The maximum absolute atomic E-state index is 6.64. The topological polar surface area (TPSA) is 56.7 Å². The van der Waals surface area contributed by atoms with Gasteiger partial charge < -0.3 is 13.5 Å². The third-order valence-corrected chi connectivity index (χ3v) is 11.1. The summed E-state index contributed by atoms with van der Waals surface area (Å²) in [6.07, 6.45) is 1.83. The molecular formula is C49H35N5OPd. The van der Waals surface area contributed by atoms with Crippen LogP contribution >= 0.6 is 0 Å². The van der Waals surface area contributed by atoms with Crippen molar-refractivity contribution in [3.63, 3.8) is 0 Å². The van der Waals surface area contributed by atoms with E-state index in [0.717, 1.165) is 76.8 Å². The Morgan fingerprint density at radius 3 is 1.71 bits per heavy atom. The van der Waals surface area contributed by atoms with Gasteiger partial charge in [-0.3, -0.25) is 9.97 Å². The number of fused-ring (bicyclic) bond motifs is 16. The van der Waals surface area contributed by atoms with Crippen LogP contribution in [0.25, 0.3) is 88.0 Å². The molecule has 0 saturated carbocycles. The molecule has 6 aromatic carbocycles. The molecule has 5 aromatic heterocycles. The van der Waals surface area contributed by atoms with Crippen molar-refractivity contribution < 1.29 is 25.2 Å². The summed E-state index contributed by atoms with van der Waals surface area (Å²) >= 11 is 0. The van der Waals surface area contributed by atoms with Crippen LogP contribution in [0.4, 0.5) is 0 Å². The van der Waals surface area contributed by atoms with Crippen LogP contribution in [0.1, 0.15) is 50.7 Å². The summed E-state index contributed by atoms with van der Waals surface area (Å²) in [4.78, 5) is 15.1. The second kappa shape index (κ2) is 13.0. The van der Waals surface area contributed by atoms with Gasteiger partial charge in [0.1, 0.15) is 5.65 Å². The first-order valence-electron chi connectivity index (χ1n) is 18.9. The Morgan fingerprint density at radius 1 is 0.518 bits per heavy atom. The quantitative estimate of drug-likeness (QED) is 0.0986. The standard InChI is InChI=1S/C49H35N5O.Pd/c1-28(2)32-12-9-13-33(29(3)4)45(32)38-15-10-14-36-34-23-21-30(26-39(34)48-51-41-17-5-7-19-43(41)53(48)46(36)38)55-31-22-24-35-37-16-11-25-50-47(37)54-44-20-8-6-18-42(44)52-49(54)40(35)27-31;/h5-25,28-29H,1-4H3;/q-2;+2.